The highest BCUT2D eigenvalue weighted by Crippen LogP contribution is 2.44. The van der Waals surface area contributed by atoms with E-state index in [1.165, 1.54) is 12.0 Å². The molecule has 1 aliphatic carbocycles. The van der Waals surface area contributed by atoms with Crippen LogP contribution in [0.5, 0.6) is 0 Å². The Morgan fingerprint density at radius 2 is 1.92 bits per heavy atom. The maximum Gasteiger partial charge on any atom is 0.191 e. The number of thiazole rings is 1. The number of guanidine groups is 1. The molecular formula is C19H24FN5S. The van der Waals surface area contributed by atoms with Gasteiger partial charge in [-0.2, -0.15) is 0 Å². The fourth-order valence-electron chi connectivity index (χ4n) is 3.78. The molecule has 7 heteroatoms. The van der Waals surface area contributed by atoms with Gasteiger partial charge in [0.25, 0.3) is 0 Å². The van der Waals surface area contributed by atoms with Crippen LogP contribution in [0, 0.1) is 5.82 Å². The van der Waals surface area contributed by atoms with Gasteiger partial charge in [-0.3, -0.25) is 4.99 Å². The molecule has 2 fully saturated rings. The highest BCUT2D eigenvalue weighted by atomic mass is 32.1. The van der Waals surface area contributed by atoms with Crippen LogP contribution in [0.2, 0.25) is 0 Å². The molecule has 4 rings (SSSR count). The van der Waals surface area contributed by atoms with E-state index in [2.05, 4.69) is 14.8 Å². The quantitative estimate of drug-likeness (QED) is 0.661. The van der Waals surface area contributed by atoms with Crippen molar-refractivity contribution >= 4 is 22.4 Å². The third-order valence-electron chi connectivity index (χ3n) is 5.60. The third kappa shape index (κ3) is 3.40. The molecule has 0 bridgehead atoms. The minimum absolute atomic E-state index is 0.0288. The second-order valence-electron chi connectivity index (χ2n) is 7.10. The average molecular weight is 374 g/mol. The van der Waals surface area contributed by atoms with E-state index in [0.717, 1.165) is 44.2 Å². The monoisotopic (exact) mass is 373 g/mol. The van der Waals surface area contributed by atoms with Crippen molar-refractivity contribution in [3.63, 3.8) is 0 Å². The van der Waals surface area contributed by atoms with E-state index in [4.69, 9.17) is 10.7 Å². The van der Waals surface area contributed by atoms with E-state index in [0.29, 0.717) is 12.5 Å². The fraction of sp³-hybridized carbons (Fsp3) is 0.474. The van der Waals surface area contributed by atoms with Gasteiger partial charge in [-0.25, -0.2) is 9.37 Å². The van der Waals surface area contributed by atoms with Crippen LogP contribution < -0.4 is 10.6 Å². The lowest BCUT2D eigenvalue weighted by molar-refractivity contribution is 0.252. The van der Waals surface area contributed by atoms with Crippen LogP contribution in [0.15, 0.2) is 40.8 Å². The first kappa shape index (κ1) is 17.3. The molecule has 0 radical (unpaired) electrons. The van der Waals surface area contributed by atoms with Gasteiger partial charge in [0.2, 0.25) is 0 Å². The molecule has 0 atom stereocenters. The molecule has 1 saturated carbocycles. The van der Waals surface area contributed by atoms with Gasteiger partial charge >= 0.3 is 0 Å². The molecule has 2 aromatic rings. The third-order valence-corrected chi connectivity index (χ3v) is 6.44. The van der Waals surface area contributed by atoms with Gasteiger partial charge < -0.3 is 15.5 Å². The van der Waals surface area contributed by atoms with Crippen LogP contribution in [-0.2, 0) is 5.41 Å². The number of hydrogen-bond donors (Lipinski definition) is 1. The zero-order chi connectivity index (χ0) is 18.0. The summed E-state index contributed by atoms with van der Waals surface area (Å²) in [6.45, 7) is 4.22. The molecule has 2 heterocycles. The van der Waals surface area contributed by atoms with E-state index in [1.807, 2.05) is 23.7 Å². The van der Waals surface area contributed by atoms with Gasteiger partial charge in [-0.15, -0.1) is 11.3 Å². The maximum absolute atomic E-state index is 13.2. The van der Waals surface area contributed by atoms with Crippen molar-refractivity contribution in [3.8, 4) is 0 Å². The van der Waals surface area contributed by atoms with Crippen molar-refractivity contribution in [3.05, 3.63) is 47.2 Å². The van der Waals surface area contributed by atoms with Crippen LogP contribution in [0.4, 0.5) is 9.52 Å². The lowest BCUT2D eigenvalue weighted by atomic mass is 9.64. The van der Waals surface area contributed by atoms with E-state index >= 15 is 0 Å². The average Bonchev–Trinajstić information content (AvgIpc) is 3.17. The van der Waals surface area contributed by atoms with Crippen molar-refractivity contribution in [1.82, 2.24) is 9.88 Å². The molecule has 138 valence electrons. The molecule has 0 unspecified atom stereocenters. The van der Waals surface area contributed by atoms with Crippen molar-refractivity contribution in [1.29, 1.82) is 0 Å². The first-order chi connectivity index (χ1) is 12.7. The van der Waals surface area contributed by atoms with Crippen molar-refractivity contribution in [2.45, 2.75) is 24.7 Å². The Morgan fingerprint density at radius 3 is 2.50 bits per heavy atom. The van der Waals surface area contributed by atoms with E-state index in [9.17, 15) is 4.39 Å². The lowest BCUT2D eigenvalue weighted by Crippen LogP contribution is -2.51. The largest absolute Gasteiger partial charge is 0.370 e. The molecule has 0 spiro atoms. The summed E-state index contributed by atoms with van der Waals surface area (Å²) in [6, 6.07) is 6.88. The summed E-state index contributed by atoms with van der Waals surface area (Å²) < 4.78 is 13.2. The Labute approximate surface area is 157 Å². The first-order valence-corrected chi connectivity index (χ1v) is 10.00. The predicted octanol–water partition coefficient (Wildman–Crippen LogP) is 2.84. The lowest BCUT2D eigenvalue weighted by Gasteiger charge is -2.42. The molecule has 2 N–H and O–H groups in total. The topological polar surface area (TPSA) is 57.8 Å². The second-order valence-corrected chi connectivity index (χ2v) is 7.98. The number of piperazine rings is 1. The van der Waals surface area contributed by atoms with Gasteiger partial charge in [0, 0.05) is 43.2 Å². The number of nitrogens with two attached hydrogens (primary N) is 1. The number of benzene rings is 1. The number of aromatic nitrogens is 1. The summed E-state index contributed by atoms with van der Waals surface area (Å²) in [5.41, 5.74) is 7.49. The van der Waals surface area contributed by atoms with Crippen molar-refractivity contribution in [2.75, 3.05) is 37.6 Å². The van der Waals surface area contributed by atoms with Crippen molar-refractivity contribution < 1.29 is 4.39 Å². The Bertz CT molecular complexity index is 747. The summed E-state index contributed by atoms with van der Waals surface area (Å²) >= 11 is 1.67. The SMILES string of the molecule is NC(=NCC1(c2ccc(F)cc2)CCC1)N1CCN(c2nccs2)CC1. The fourth-order valence-corrected chi connectivity index (χ4v) is 4.47. The number of anilines is 1. The molecule has 1 aromatic heterocycles. The smallest absolute Gasteiger partial charge is 0.191 e. The summed E-state index contributed by atoms with van der Waals surface area (Å²) in [7, 11) is 0. The zero-order valence-corrected chi connectivity index (χ0v) is 15.6. The normalized spacial score (nSPS) is 20.1. The van der Waals surface area contributed by atoms with Crippen LogP contribution in [0.25, 0.3) is 0 Å². The minimum Gasteiger partial charge on any atom is -0.370 e. The number of halogens is 1. The summed E-state index contributed by atoms with van der Waals surface area (Å²) in [5.74, 6) is 0.432. The summed E-state index contributed by atoms with van der Waals surface area (Å²) in [4.78, 5) is 13.5. The summed E-state index contributed by atoms with van der Waals surface area (Å²) in [6.07, 6.45) is 5.22. The Kier molecular flexibility index (Phi) is 4.80. The maximum atomic E-state index is 13.2. The van der Waals surface area contributed by atoms with Crippen molar-refractivity contribution in [2.24, 2.45) is 10.7 Å². The molecular weight excluding hydrogens is 349 g/mol. The molecule has 1 aromatic carbocycles. The highest BCUT2D eigenvalue weighted by molar-refractivity contribution is 7.13. The summed E-state index contributed by atoms with van der Waals surface area (Å²) in [5, 5.41) is 3.08. The Morgan fingerprint density at radius 1 is 1.19 bits per heavy atom. The van der Waals surface area contributed by atoms with Gasteiger partial charge in [0.1, 0.15) is 5.82 Å². The van der Waals surface area contributed by atoms with E-state index in [-0.39, 0.29) is 11.2 Å². The first-order valence-electron chi connectivity index (χ1n) is 9.12. The van der Waals surface area contributed by atoms with Gasteiger partial charge in [0.05, 0.1) is 6.54 Å². The number of nitrogens with zero attached hydrogens (tertiary/aromatic N) is 4. The Balaban J connectivity index is 1.38. The van der Waals surface area contributed by atoms with Crippen LogP contribution in [-0.4, -0.2) is 48.6 Å². The molecule has 26 heavy (non-hydrogen) atoms. The van der Waals surface area contributed by atoms with E-state index in [1.54, 1.807) is 23.5 Å². The second kappa shape index (κ2) is 7.23. The van der Waals surface area contributed by atoms with E-state index < -0.39 is 0 Å². The molecule has 0 amide bonds. The van der Waals surface area contributed by atoms with Gasteiger partial charge in [-0.05, 0) is 30.5 Å². The number of hydrogen-bond acceptors (Lipinski definition) is 4. The Hall–Kier alpha value is -2.15. The van der Waals surface area contributed by atoms with Crippen LogP contribution in [0.1, 0.15) is 24.8 Å². The zero-order valence-electron chi connectivity index (χ0n) is 14.8. The highest BCUT2D eigenvalue weighted by Gasteiger charge is 2.38. The number of rotatable bonds is 4. The van der Waals surface area contributed by atoms with Crippen LogP contribution >= 0.6 is 11.3 Å². The van der Waals surface area contributed by atoms with Gasteiger partial charge in [-0.1, -0.05) is 18.6 Å². The number of aliphatic imine (C=N–C) groups is 1. The minimum atomic E-state index is -0.190. The van der Waals surface area contributed by atoms with Crippen LogP contribution in [0.3, 0.4) is 0 Å². The predicted molar refractivity (Wildman–Crippen MR) is 104 cm³/mol. The molecule has 2 aliphatic rings. The molecule has 5 nitrogen and oxygen atoms in total. The molecule has 1 saturated heterocycles. The molecule has 1 aliphatic heterocycles. The standard InChI is InChI=1S/C19H24FN5S/c20-16-4-2-15(3-5-16)19(6-1-7-19)14-23-17(21)24-9-11-25(12-10-24)18-22-8-13-26-18/h2-5,8,13H,1,6-7,9-12,14H2,(H2,21,23). The van der Waals surface area contributed by atoms with Gasteiger partial charge in [0.15, 0.2) is 11.1 Å².